The second-order valence-corrected chi connectivity index (χ2v) is 7.78. The van der Waals surface area contributed by atoms with E-state index in [9.17, 15) is 0 Å². The third-order valence-corrected chi connectivity index (χ3v) is 6.90. The van der Waals surface area contributed by atoms with E-state index >= 15 is 0 Å². The Hall–Kier alpha value is 0.250. The SMILES string of the molecule is ClCC1(CC2CC3CCC2C3)CCOC1C1CC1. The Morgan fingerprint density at radius 1 is 1.06 bits per heavy atom. The molecule has 18 heavy (non-hydrogen) atoms. The lowest BCUT2D eigenvalue weighted by Gasteiger charge is -2.37. The monoisotopic (exact) mass is 268 g/mol. The Kier molecular flexibility index (Phi) is 2.93. The molecule has 0 spiro atoms. The fourth-order valence-electron chi connectivity index (χ4n) is 5.31. The van der Waals surface area contributed by atoms with E-state index in [1.54, 1.807) is 0 Å². The van der Waals surface area contributed by atoms with Crippen molar-refractivity contribution in [1.29, 1.82) is 0 Å². The Morgan fingerprint density at radius 3 is 2.50 bits per heavy atom. The van der Waals surface area contributed by atoms with Crippen LogP contribution in [0.15, 0.2) is 0 Å². The molecule has 0 amide bonds. The van der Waals surface area contributed by atoms with Gasteiger partial charge in [0.2, 0.25) is 0 Å². The van der Waals surface area contributed by atoms with E-state index in [2.05, 4.69) is 0 Å². The van der Waals surface area contributed by atoms with Gasteiger partial charge in [-0.15, -0.1) is 11.6 Å². The third kappa shape index (κ3) is 1.85. The molecule has 5 atom stereocenters. The van der Waals surface area contributed by atoms with Gasteiger partial charge >= 0.3 is 0 Å². The summed E-state index contributed by atoms with van der Waals surface area (Å²) in [5.41, 5.74) is 0.345. The molecule has 4 fully saturated rings. The van der Waals surface area contributed by atoms with E-state index < -0.39 is 0 Å². The van der Waals surface area contributed by atoms with Gasteiger partial charge in [0, 0.05) is 17.9 Å². The molecule has 2 heteroatoms. The highest BCUT2D eigenvalue weighted by atomic mass is 35.5. The molecule has 0 aromatic carbocycles. The third-order valence-electron chi connectivity index (χ3n) is 6.37. The average Bonchev–Trinajstić information content (AvgIpc) is 2.85. The molecule has 1 nitrogen and oxygen atoms in total. The number of alkyl halides is 1. The molecule has 4 rings (SSSR count). The highest BCUT2D eigenvalue weighted by molar-refractivity contribution is 6.18. The van der Waals surface area contributed by atoms with E-state index in [0.717, 1.165) is 36.2 Å². The Bertz CT molecular complexity index is 327. The van der Waals surface area contributed by atoms with Crippen LogP contribution < -0.4 is 0 Å². The minimum atomic E-state index is 0.345. The Balaban J connectivity index is 1.50. The summed E-state index contributed by atoms with van der Waals surface area (Å²) in [7, 11) is 0. The molecule has 102 valence electrons. The van der Waals surface area contributed by atoms with Gasteiger partial charge in [-0.25, -0.2) is 0 Å². The van der Waals surface area contributed by atoms with Crippen LogP contribution in [0, 0.1) is 29.1 Å². The molecule has 3 saturated carbocycles. The Labute approximate surface area is 116 Å². The second kappa shape index (κ2) is 4.38. The first-order chi connectivity index (χ1) is 8.81. The molecule has 3 aliphatic carbocycles. The van der Waals surface area contributed by atoms with Gasteiger partial charge in [0.25, 0.3) is 0 Å². The molecule has 0 N–H and O–H groups in total. The molecule has 5 unspecified atom stereocenters. The largest absolute Gasteiger partial charge is 0.377 e. The lowest BCUT2D eigenvalue weighted by atomic mass is 9.70. The van der Waals surface area contributed by atoms with Gasteiger partial charge in [-0.1, -0.05) is 6.42 Å². The van der Waals surface area contributed by atoms with Gasteiger partial charge < -0.3 is 4.74 Å². The quantitative estimate of drug-likeness (QED) is 0.693. The molecule has 1 saturated heterocycles. The fourth-order valence-corrected chi connectivity index (χ4v) is 5.70. The highest BCUT2D eigenvalue weighted by Crippen LogP contribution is 2.57. The van der Waals surface area contributed by atoms with E-state index in [1.165, 1.54) is 51.4 Å². The van der Waals surface area contributed by atoms with E-state index in [1.807, 2.05) is 0 Å². The first-order valence-electron chi connectivity index (χ1n) is 7.98. The Morgan fingerprint density at radius 2 is 1.89 bits per heavy atom. The average molecular weight is 269 g/mol. The number of fused-ring (bicyclic) bond motifs is 2. The van der Waals surface area contributed by atoms with Crippen LogP contribution in [0.4, 0.5) is 0 Å². The fraction of sp³-hybridized carbons (Fsp3) is 1.00. The molecular formula is C16H25ClO. The summed E-state index contributed by atoms with van der Waals surface area (Å²) in [5, 5.41) is 0. The van der Waals surface area contributed by atoms with Crippen molar-refractivity contribution in [2.24, 2.45) is 29.1 Å². The van der Waals surface area contributed by atoms with Crippen LogP contribution in [0.2, 0.25) is 0 Å². The van der Waals surface area contributed by atoms with Gasteiger partial charge in [-0.3, -0.25) is 0 Å². The minimum Gasteiger partial charge on any atom is -0.377 e. The van der Waals surface area contributed by atoms with Crippen LogP contribution in [-0.2, 0) is 4.74 Å². The standard InChI is InChI=1S/C16H25ClO/c17-10-16(5-6-18-15(16)12-3-4-12)9-14-8-11-1-2-13(14)7-11/h11-15H,1-10H2. The smallest absolute Gasteiger partial charge is 0.0671 e. The zero-order chi connectivity index (χ0) is 12.2. The number of ether oxygens (including phenoxy) is 1. The van der Waals surface area contributed by atoms with Crippen LogP contribution >= 0.6 is 11.6 Å². The van der Waals surface area contributed by atoms with Crippen LogP contribution in [0.25, 0.3) is 0 Å². The molecule has 1 heterocycles. The summed E-state index contributed by atoms with van der Waals surface area (Å²) in [4.78, 5) is 0. The van der Waals surface area contributed by atoms with Crippen molar-refractivity contribution in [3.05, 3.63) is 0 Å². The maximum Gasteiger partial charge on any atom is 0.0671 e. The van der Waals surface area contributed by atoms with Crippen molar-refractivity contribution in [3.63, 3.8) is 0 Å². The van der Waals surface area contributed by atoms with Crippen LogP contribution in [0.3, 0.4) is 0 Å². The maximum absolute atomic E-state index is 6.43. The van der Waals surface area contributed by atoms with Gasteiger partial charge in [-0.2, -0.15) is 0 Å². The molecular weight excluding hydrogens is 244 g/mol. The van der Waals surface area contributed by atoms with E-state index in [0.29, 0.717) is 11.5 Å². The first kappa shape index (κ1) is 12.0. The van der Waals surface area contributed by atoms with Gasteiger partial charge in [-0.05, 0) is 68.6 Å². The first-order valence-corrected chi connectivity index (χ1v) is 8.52. The van der Waals surface area contributed by atoms with E-state index in [4.69, 9.17) is 16.3 Å². The lowest BCUT2D eigenvalue weighted by Crippen LogP contribution is -2.37. The molecule has 0 aromatic heterocycles. The summed E-state index contributed by atoms with van der Waals surface area (Å²) in [6.45, 7) is 0.967. The summed E-state index contributed by atoms with van der Waals surface area (Å²) in [6, 6.07) is 0. The van der Waals surface area contributed by atoms with Crippen molar-refractivity contribution in [1.82, 2.24) is 0 Å². The van der Waals surface area contributed by atoms with Crippen molar-refractivity contribution >= 4 is 11.6 Å². The number of rotatable bonds is 4. The second-order valence-electron chi connectivity index (χ2n) is 7.51. The summed E-state index contributed by atoms with van der Waals surface area (Å²) in [6.07, 6.45) is 11.9. The van der Waals surface area contributed by atoms with Crippen LogP contribution in [0.5, 0.6) is 0 Å². The normalized spacial score (nSPS) is 51.2. The van der Waals surface area contributed by atoms with Crippen LogP contribution in [-0.4, -0.2) is 18.6 Å². The molecule has 4 aliphatic rings. The van der Waals surface area contributed by atoms with Crippen molar-refractivity contribution < 1.29 is 4.74 Å². The number of hydrogen-bond acceptors (Lipinski definition) is 1. The van der Waals surface area contributed by atoms with E-state index in [-0.39, 0.29) is 0 Å². The van der Waals surface area contributed by atoms with Gasteiger partial charge in [0.1, 0.15) is 0 Å². The zero-order valence-corrected chi connectivity index (χ0v) is 12.0. The number of hydrogen-bond donors (Lipinski definition) is 0. The molecule has 2 bridgehead atoms. The van der Waals surface area contributed by atoms with Gasteiger partial charge in [0.05, 0.1) is 6.10 Å². The predicted octanol–water partition coefficient (Wildman–Crippen LogP) is 4.24. The topological polar surface area (TPSA) is 9.23 Å². The van der Waals surface area contributed by atoms with Crippen molar-refractivity contribution in [2.45, 2.75) is 57.5 Å². The predicted molar refractivity (Wildman–Crippen MR) is 73.8 cm³/mol. The van der Waals surface area contributed by atoms with Crippen LogP contribution in [0.1, 0.15) is 51.4 Å². The zero-order valence-electron chi connectivity index (χ0n) is 11.2. The summed E-state index contributed by atoms with van der Waals surface area (Å²) < 4.78 is 6.09. The molecule has 1 aliphatic heterocycles. The summed E-state index contributed by atoms with van der Waals surface area (Å²) in [5.74, 6) is 4.77. The lowest BCUT2D eigenvalue weighted by molar-refractivity contribution is 0.0246. The molecule has 0 radical (unpaired) electrons. The van der Waals surface area contributed by atoms with Crippen molar-refractivity contribution in [2.75, 3.05) is 12.5 Å². The van der Waals surface area contributed by atoms with Crippen molar-refractivity contribution in [3.8, 4) is 0 Å². The van der Waals surface area contributed by atoms with Gasteiger partial charge in [0.15, 0.2) is 0 Å². The molecule has 0 aromatic rings. The maximum atomic E-state index is 6.43. The minimum absolute atomic E-state index is 0.345. The highest BCUT2D eigenvalue weighted by Gasteiger charge is 2.53. The summed E-state index contributed by atoms with van der Waals surface area (Å²) >= 11 is 6.43. The number of halogens is 1.